The molecule has 0 aliphatic rings. The van der Waals surface area contributed by atoms with Crippen molar-refractivity contribution in [1.29, 1.82) is 0 Å². The molecule has 0 aliphatic carbocycles. The number of halogens is 2. The molecule has 3 rings (SSSR count). The van der Waals surface area contributed by atoms with Crippen molar-refractivity contribution in [2.45, 2.75) is 38.9 Å². The summed E-state index contributed by atoms with van der Waals surface area (Å²) >= 11 is 9.42. The van der Waals surface area contributed by atoms with Gasteiger partial charge in [-0.05, 0) is 61.4 Å². The molecule has 0 unspecified atom stereocenters. The molecule has 38 heavy (non-hydrogen) atoms. The fourth-order valence-corrected chi connectivity index (χ4v) is 5.18. The third-order valence-electron chi connectivity index (χ3n) is 5.76. The Morgan fingerprint density at radius 1 is 0.921 bits per heavy atom. The molecule has 0 radical (unpaired) electrons. The summed E-state index contributed by atoms with van der Waals surface area (Å²) in [7, 11) is -3.81. The number of anilines is 1. The summed E-state index contributed by atoms with van der Waals surface area (Å²) in [4.78, 5) is 28.9. The fraction of sp³-hybridized carbons (Fsp3) is 0.286. The Balaban J connectivity index is 2.04. The van der Waals surface area contributed by atoms with Gasteiger partial charge < -0.3 is 10.2 Å². The minimum Gasteiger partial charge on any atom is -0.352 e. The molecule has 0 aliphatic heterocycles. The number of amides is 2. The molecule has 1 atom stereocenters. The molecule has 0 bridgehead atoms. The first kappa shape index (κ1) is 29.7. The Morgan fingerprint density at radius 3 is 2.08 bits per heavy atom. The van der Waals surface area contributed by atoms with Gasteiger partial charge in [0.25, 0.3) is 0 Å². The normalized spacial score (nSPS) is 12.2. The van der Waals surface area contributed by atoms with Gasteiger partial charge in [-0.1, -0.05) is 70.0 Å². The average Bonchev–Trinajstić information content (AvgIpc) is 2.86. The molecule has 2 amide bonds. The molecule has 0 fully saturated rings. The van der Waals surface area contributed by atoms with Crippen LogP contribution < -0.4 is 9.62 Å². The average molecular weight is 621 g/mol. The van der Waals surface area contributed by atoms with E-state index in [0.29, 0.717) is 10.7 Å². The van der Waals surface area contributed by atoms with Crippen molar-refractivity contribution < 1.29 is 18.0 Å². The number of nitrogens with zero attached hydrogens (tertiary/aromatic N) is 2. The van der Waals surface area contributed by atoms with Crippen molar-refractivity contribution in [3.63, 3.8) is 0 Å². The molecule has 10 heteroatoms. The Hall–Kier alpha value is -2.88. The van der Waals surface area contributed by atoms with E-state index in [4.69, 9.17) is 11.6 Å². The number of nitrogens with one attached hydrogen (secondary N) is 1. The molecule has 1 N–H and O–H groups in total. The van der Waals surface area contributed by atoms with Crippen LogP contribution in [0.5, 0.6) is 0 Å². The molecule has 0 spiro atoms. The van der Waals surface area contributed by atoms with Crippen molar-refractivity contribution in [1.82, 2.24) is 10.2 Å². The van der Waals surface area contributed by atoms with Crippen LogP contribution in [0.15, 0.2) is 83.3 Å². The van der Waals surface area contributed by atoms with E-state index in [9.17, 15) is 18.0 Å². The summed E-state index contributed by atoms with van der Waals surface area (Å²) in [5, 5.41) is 3.47. The van der Waals surface area contributed by atoms with Gasteiger partial charge >= 0.3 is 0 Å². The predicted molar refractivity (Wildman–Crippen MR) is 156 cm³/mol. The number of carbonyl (C=O) groups is 2. The topological polar surface area (TPSA) is 86.8 Å². The number of hydrogen-bond acceptors (Lipinski definition) is 4. The van der Waals surface area contributed by atoms with E-state index < -0.39 is 28.5 Å². The second kappa shape index (κ2) is 13.3. The molecular weight excluding hydrogens is 590 g/mol. The maximum absolute atomic E-state index is 13.9. The molecule has 202 valence electrons. The molecular formula is C28H31BrClN3O4S. The lowest BCUT2D eigenvalue weighted by atomic mass is 10.0. The van der Waals surface area contributed by atoms with Gasteiger partial charge in [0.15, 0.2) is 0 Å². The third-order valence-corrected chi connectivity index (χ3v) is 7.68. The van der Waals surface area contributed by atoms with Gasteiger partial charge in [0.2, 0.25) is 21.8 Å². The van der Waals surface area contributed by atoms with Crippen LogP contribution in [0.4, 0.5) is 5.69 Å². The zero-order valence-corrected chi connectivity index (χ0v) is 24.6. The van der Waals surface area contributed by atoms with Gasteiger partial charge in [-0.3, -0.25) is 13.9 Å². The van der Waals surface area contributed by atoms with Crippen LogP contribution in [0.2, 0.25) is 5.02 Å². The SMILES string of the molecule is CC(C)NC(=O)[C@@H](Cc1ccccc1)N(Cc1ccc(Cl)cc1)C(=O)CN(c1ccc(Br)cc1)S(C)(=O)=O. The number of carbonyl (C=O) groups excluding carboxylic acids is 2. The van der Waals surface area contributed by atoms with Crippen LogP contribution in [0, 0.1) is 0 Å². The molecule has 0 heterocycles. The summed E-state index contributed by atoms with van der Waals surface area (Å²) in [6.45, 7) is 3.33. The maximum Gasteiger partial charge on any atom is 0.244 e. The lowest BCUT2D eigenvalue weighted by molar-refractivity contribution is -0.140. The van der Waals surface area contributed by atoms with E-state index in [1.807, 2.05) is 44.2 Å². The van der Waals surface area contributed by atoms with Crippen molar-refractivity contribution in [3.05, 3.63) is 99.5 Å². The summed E-state index contributed by atoms with van der Waals surface area (Å²) in [5.41, 5.74) is 1.98. The van der Waals surface area contributed by atoms with Gasteiger partial charge in [-0.2, -0.15) is 0 Å². The number of rotatable bonds is 11. The molecule has 7 nitrogen and oxygen atoms in total. The Morgan fingerprint density at radius 2 is 1.53 bits per heavy atom. The molecule has 3 aromatic carbocycles. The second-order valence-electron chi connectivity index (χ2n) is 9.26. The van der Waals surface area contributed by atoms with Gasteiger partial charge in [0.05, 0.1) is 11.9 Å². The second-order valence-corrected chi connectivity index (χ2v) is 12.5. The minimum atomic E-state index is -3.81. The van der Waals surface area contributed by atoms with Crippen molar-refractivity contribution in [3.8, 4) is 0 Å². The minimum absolute atomic E-state index is 0.0942. The zero-order valence-electron chi connectivity index (χ0n) is 21.5. The molecule has 0 aromatic heterocycles. The van der Waals surface area contributed by atoms with Crippen molar-refractivity contribution in [2.75, 3.05) is 17.1 Å². The monoisotopic (exact) mass is 619 g/mol. The molecule has 0 saturated carbocycles. The highest BCUT2D eigenvalue weighted by Crippen LogP contribution is 2.23. The third kappa shape index (κ3) is 8.58. The first-order valence-electron chi connectivity index (χ1n) is 12.1. The summed E-state index contributed by atoms with van der Waals surface area (Å²) in [6, 6.07) is 22.0. The number of benzene rings is 3. The first-order chi connectivity index (χ1) is 17.9. The van der Waals surface area contributed by atoms with Crippen LogP contribution in [-0.2, 0) is 32.6 Å². The van der Waals surface area contributed by atoms with Crippen LogP contribution in [0.3, 0.4) is 0 Å². The zero-order chi connectivity index (χ0) is 27.9. The quantitative estimate of drug-likeness (QED) is 0.326. The van der Waals surface area contributed by atoms with Crippen LogP contribution in [0.1, 0.15) is 25.0 Å². The van der Waals surface area contributed by atoms with Crippen molar-refractivity contribution >= 4 is 55.1 Å². The standard InChI is InChI=1S/C28H31BrClN3O4S/c1-20(2)31-28(35)26(17-21-7-5-4-6-8-21)32(18-22-9-13-24(30)14-10-22)27(34)19-33(38(3,36)37)25-15-11-23(29)12-16-25/h4-16,20,26H,17-19H2,1-3H3,(H,31,35)/t26-/m1/s1. The molecule has 3 aromatic rings. The van der Waals surface area contributed by atoms with E-state index in [1.54, 1.807) is 48.5 Å². The fourth-order valence-electron chi connectivity index (χ4n) is 3.94. The number of hydrogen-bond donors (Lipinski definition) is 1. The largest absolute Gasteiger partial charge is 0.352 e. The highest BCUT2D eigenvalue weighted by molar-refractivity contribution is 9.10. The van der Waals surface area contributed by atoms with Gasteiger partial charge in [-0.25, -0.2) is 8.42 Å². The van der Waals surface area contributed by atoms with E-state index in [-0.39, 0.29) is 24.9 Å². The van der Waals surface area contributed by atoms with Gasteiger partial charge in [-0.15, -0.1) is 0 Å². The molecule has 0 saturated heterocycles. The summed E-state index contributed by atoms with van der Waals surface area (Å²) in [5.74, 6) is -0.825. The van der Waals surface area contributed by atoms with Gasteiger partial charge in [0, 0.05) is 28.5 Å². The van der Waals surface area contributed by atoms with E-state index >= 15 is 0 Å². The highest BCUT2D eigenvalue weighted by Gasteiger charge is 2.33. The number of sulfonamides is 1. The van der Waals surface area contributed by atoms with E-state index in [1.165, 1.54) is 4.90 Å². The van der Waals surface area contributed by atoms with E-state index in [0.717, 1.165) is 26.2 Å². The smallest absolute Gasteiger partial charge is 0.244 e. The summed E-state index contributed by atoms with van der Waals surface area (Å²) < 4.78 is 27.3. The highest BCUT2D eigenvalue weighted by atomic mass is 79.9. The van der Waals surface area contributed by atoms with Crippen LogP contribution >= 0.6 is 27.5 Å². The Bertz CT molecular complexity index is 1330. The van der Waals surface area contributed by atoms with Crippen LogP contribution in [-0.4, -0.2) is 50.0 Å². The summed E-state index contributed by atoms with van der Waals surface area (Å²) in [6.07, 6.45) is 1.31. The lowest BCUT2D eigenvalue weighted by Gasteiger charge is -2.34. The first-order valence-corrected chi connectivity index (χ1v) is 15.1. The van der Waals surface area contributed by atoms with Crippen molar-refractivity contribution in [2.24, 2.45) is 0 Å². The maximum atomic E-state index is 13.9. The Labute approximate surface area is 238 Å². The lowest BCUT2D eigenvalue weighted by Crippen LogP contribution is -2.54. The van der Waals surface area contributed by atoms with E-state index in [2.05, 4.69) is 21.2 Å². The van der Waals surface area contributed by atoms with Gasteiger partial charge in [0.1, 0.15) is 12.6 Å². The predicted octanol–water partition coefficient (Wildman–Crippen LogP) is 5.03. The van der Waals surface area contributed by atoms with Crippen LogP contribution in [0.25, 0.3) is 0 Å². The Kier molecular flexibility index (Phi) is 10.4.